The number of Topliss-reactive ketones (excluding diaryl/α,β-unsaturated/α-hetero) is 1. The first kappa shape index (κ1) is 8.59. The summed E-state index contributed by atoms with van der Waals surface area (Å²) >= 11 is 0. The summed E-state index contributed by atoms with van der Waals surface area (Å²) < 4.78 is 0. The van der Waals surface area contributed by atoms with Crippen LogP contribution in [0.1, 0.15) is 34.2 Å². The second kappa shape index (κ2) is 3.76. The lowest BCUT2D eigenvalue weighted by Gasteiger charge is -1.98. The van der Waals surface area contributed by atoms with Crippen molar-refractivity contribution in [2.75, 3.05) is 0 Å². The normalized spacial score (nSPS) is 9.42. The number of pyridine rings is 1. The summed E-state index contributed by atoms with van der Waals surface area (Å²) in [5.41, 5.74) is 0.638. The minimum Gasteiger partial charge on any atom is -0.296 e. The van der Waals surface area contributed by atoms with Gasteiger partial charge in [0.25, 0.3) is 0 Å². The molecule has 0 saturated carbocycles. The summed E-state index contributed by atoms with van der Waals surface area (Å²) in [5.74, 6) is -0.0507. The lowest BCUT2D eigenvalue weighted by atomic mass is 10.1. The minimum absolute atomic E-state index is 0.0507. The highest BCUT2D eigenvalue weighted by Gasteiger charge is 2.08. The molecule has 12 heavy (non-hydrogen) atoms. The van der Waals surface area contributed by atoms with E-state index in [1.54, 1.807) is 19.1 Å². The molecule has 0 amide bonds. The van der Waals surface area contributed by atoms with E-state index >= 15 is 0 Å². The van der Waals surface area contributed by atoms with Gasteiger partial charge in [0.05, 0.1) is 0 Å². The Morgan fingerprint density at radius 2 is 2.42 bits per heavy atom. The van der Waals surface area contributed by atoms with Crippen molar-refractivity contribution >= 4 is 12.1 Å². The van der Waals surface area contributed by atoms with E-state index < -0.39 is 0 Å². The fourth-order valence-electron chi connectivity index (χ4n) is 0.938. The van der Waals surface area contributed by atoms with E-state index in [2.05, 4.69) is 4.98 Å². The molecule has 0 aromatic carbocycles. The monoisotopic (exact) mass is 163 g/mol. The Morgan fingerprint density at radius 1 is 1.67 bits per heavy atom. The highest BCUT2D eigenvalue weighted by atomic mass is 16.1. The van der Waals surface area contributed by atoms with Gasteiger partial charge >= 0.3 is 0 Å². The highest BCUT2D eigenvalue weighted by molar-refractivity contribution is 6.01. The summed E-state index contributed by atoms with van der Waals surface area (Å²) in [6.45, 7) is 1.75. The predicted molar refractivity (Wildman–Crippen MR) is 44.2 cm³/mol. The van der Waals surface area contributed by atoms with E-state index in [0.717, 1.165) is 0 Å². The molecule has 1 aromatic heterocycles. The minimum atomic E-state index is -0.0507. The molecule has 3 heteroatoms. The van der Waals surface area contributed by atoms with Crippen LogP contribution < -0.4 is 0 Å². The van der Waals surface area contributed by atoms with Crippen LogP contribution in [0.25, 0.3) is 0 Å². The van der Waals surface area contributed by atoms with Gasteiger partial charge < -0.3 is 0 Å². The molecule has 0 saturated heterocycles. The van der Waals surface area contributed by atoms with E-state index in [4.69, 9.17) is 0 Å². The van der Waals surface area contributed by atoms with Gasteiger partial charge in [0, 0.05) is 18.2 Å². The van der Waals surface area contributed by atoms with Crippen molar-refractivity contribution in [3.63, 3.8) is 0 Å². The predicted octanol–water partition coefficient (Wildman–Crippen LogP) is 1.49. The fourth-order valence-corrected chi connectivity index (χ4v) is 0.938. The molecular weight excluding hydrogens is 154 g/mol. The second-order valence-electron chi connectivity index (χ2n) is 2.33. The Bertz CT molecular complexity index is 307. The van der Waals surface area contributed by atoms with E-state index in [0.29, 0.717) is 18.3 Å². The average molecular weight is 163 g/mol. The first-order valence-electron chi connectivity index (χ1n) is 3.73. The number of aldehydes is 1. The van der Waals surface area contributed by atoms with Crippen LogP contribution in [-0.4, -0.2) is 17.1 Å². The highest BCUT2D eigenvalue weighted by Crippen LogP contribution is 2.05. The average Bonchev–Trinajstić information content (AvgIpc) is 2.16. The third-order valence-electron chi connectivity index (χ3n) is 1.57. The smallest absolute Gasteiger partial charge is 0.169 e. The molecule has 1 rings (SSSR count). The zero-order chi connectivity index (χ0) is 8.97. The first-order valence-corrected chi connectivity index (χ1v) is 3.73. The molecule has 0 atom stereocenters. The second-order valence-corrected chi connectivity index (χ2v) is 2.33. The van der Waals surface area contributed by atoms with Crippen molar-refractivity contribution in [3.05, 3.63) is 29.6 Å². The van der Waals surface area contributed by atoms with Crippen molar-refractivity contribution < 1.29 is 9.59 Å². The van der Waals surface area contributed by atoms with Crippen LogP contribution in [0.2, 0.25) is 0 Å². The fraction of sp³-hybridized carbons (Fsp3) is 0.222. The molecule has 0 bridgehead atoms. The van der Waals surface area contributed by atoms with Gasteiger partial charge in [-0.2, -0.15) is 0 Å². The third kappa shape index (κ3) is 1.56. The van der Waals surface area contributed by atoms with Crippen LogP contribution in [0.15, 0.2) is 18.3 Å². The Balaban J connectivity index is 3.13. The van der Waals surface area contributed by atoms with E-state index in [-0.39, 0.29) is 11.5 Å². The van der Waals surface area contributed by atoms with Gasteiger partial charge in [0.15, 0.2) is 12.1 Å². The van der Waals surface area contributed by atoms with Crippen molar-refractivity contribution in [3.8, 4) is 0 Å². The topological polar surface area (TPSA) is 47.0 Å². The zero-order valence-corrected chi connectivity index (χ0v) is 6.78. The molecule has 0 radical (unpaired) electrons. The van der Waals surface area contributed by atoms with Gasteiger partial charge in [-0.05, 0) is 12.1 Å². The van der Waals surface area contributed by atoms with Crippen LogP contribution in [0.5, 0.6) is 0 Å². The molecule has 62 valence electrons. The maximum Gasteiger partial charge on any atom is 0.169 e. The number of ketones is 1. The van der Waals surface area contributed by atoms with Gasteiger partial charge in [-0.3, -0.25) is 14.6 Å². The van der Waals surface area contributed by atoms with Crippen LogP contribution in [0, 0.1) is 0 Å². The van der Waals surface area contributed by atoms with Gasteiger partial charge in [-0.1, -0.05) is 6.92 Å². The SMILES string of the molecule is CCC(=O)c1cccnc1C=O. The molecule has 0 spiro atoms. The Kier molecular flexibility index (Phi) is 2.69. The molecule has 0 aliphatic carbocycles. The van der Waals surface area contributed by atoms with E-state index in [1.165, 1.54) is 6.20 Å². The van der Waals surface area contributed by atoms with Crippen molar-refractivity contribution in [2.45, 2.75) is 13.3 Å². The number of hydrogen-bond acceptors (Lipinski definition) is 3. The largest absolute Gasteiger partial charge is 0.296 e. The molecule has 0 N–H and O–H groups in total. The number of carbonyl (C=O) groups excluding carboxylic acids is 2. The van der Waals surface area contributed by atoms with Crippen LogP contribution >= 0.6 is 0 Å². The Morgan fingerprint density at radius 3 is 3.00 bits per heavy atom. The Labute approximate surface area is 70.4 Å². The van der Waals surface area contributed by atoms with Crippen LogP contribution in [0.4, 0.5) is 0 Å². The summed E-state index contributed by atoms with van der Waals surface area (Å²) in [6, 6.07) is 3.26. The lowest BCUT2D eigenvalue weighted by Crippen LogP contribution is -2.03. The van der Waals surface area contributed by atoms with Gasteiger partial charge in [-0.15, -0.1) is 0 Å². The molecular formula is C9H9NO2. The maximum atomic E-state index is 11.2. The number of rotatable bonds is 3. The number of carbonyl (C=O) groups is 2. The number of aromatic nitrogens is 1. The third-order valence-corrected chi connectivity index (χ3v) is 1.57. The van der Waals surface area contributed by atoms with Gasteiger partial charge in [0.1, 0.15) is 5.69 Å². The van der Waals surface area contributed by atoms with Crippen molar-refractivity contribution in [1.82, 2.24) is 4.98 Å². The van der Waals surface area contributed by atoms with Gasteiger partial charge in [0.2, 0.25) is 0 Å². The molecule has 0 fully saturated rings. The van der Waals surface area contributed by atoms with Crippen molar-refractivity contribution in [2.24, 2.45) is 0 Å². The maximum absolute atomic E-state index is 11.2. The molecule has 0 unspecified atom stereocenters. The van der Waals surface area contributed by atoms with Gasteiger partial charge in [-0.25, -0.2) is 0 Å². The molecule has 3 nitrogen and oxygen atoms in total. The van der Waals surface area contributed by atoms with E-state index in [9.17, 15) is 9.59 Å². The lowest BCUT2D eigenvalue weighted by molar-refractivity contribution is 0.0980. The van der Waals surface area contributed by atoms with Crippen molar-refractivity contribution in [1.29, 1.82) is 0 Å². The summed E-state index contributed by atoms with van der Waals surface area (Å²) in [5, 5.41) is 0. The molecule has 1 aromatic rings. The van der Waals surface area contributed by atoms with E-state index in [1.807, 2.05) is 0 Å². The van der Waals surface area contributed by atoms with Crippen LogP contribution in [0.3, 0.4) is 0 Å². The summed E-state index contributed by atoms with van der Waals surface area (Å²) in [7, 11) is 0. The summed E-state index contributed by atoms with van der Waals surface area (Å²) in [6.07, 6.45) is 2.49. The van der Waals surface area contributed by atoms with Crippen LogP contribution in [-0.2, 0) is 0 Å². The molecule has 0 aliphatic heterocycles. The standard InChI is InChI=1S/C9H9NO2/c1-2-9(12)7-4-3-5-10-8(7)6-11/h3-6H,2H2,1H3. The number of hydrogen-bond donors (Lipinski definition) is 0. The zero-order valence-electron chi connectivity index (χ0n) is 6.78. The Hall–Kier alpha value is -1.51. The molecule has 1 heterocycles. The molecule has 0 aliphatic rings. The number of nitrogens with zero attached hydrogens (tertiary/aromatic N) is 1. The first-order chi connectivity index (χ1) is 5.79. The summed E-state index contributed by atoms with van der Waals surface area (Å²) in [4.78, 5) is 25.4. The quantitative estimate of drug-likeness (QED) is 0.501.